The lowest BCUT2D eigenvalue weighted by atomic mass is 9.70. The summed E-state index contributed by atoms with van der Waals surface area (Å²) in [5, 5.41) is 39.1. The number of nitrogens with two attached hydrogens (primary N) is 1. The standard InChI is InChI=1S/C31H45N3O8.C10H16O4S/c1-8-12-33-26-21-13-17(2)14-25(41-7)27(36)19(4)15-20(5)29(42-31(32)39)24(40-6)11-9-10-18(3)30(38)34-22(28(21)37)16-23(26)35;1-9(2)7-3-4-10(9,8(11)5-7)6-15(12,13)14/h8-11,15-17,19,24-25,27,29,33,35-37H,1,12-14H2,2-7H3,(H2,32,39)(H,34,38);7H,3-6H2,1-2H3,(H,12,13,14)/b11-9-,18-10+,20-15+;/t17-,19+,24+,25+,27-,29+;7-,10-/m10/s1. The summed E-state index contributed by atoms with van der Waals surface area (Å²) in [7, 11) is -1.12. The summed E-state index contributed by atoms with van der Waals surface area (Å²) >= 11 is 0. The number of anilines is 2. The van der Waals surface area contributed by atoms with Crippen molar-refractivity contribution in [1.82, 2.24) is 0 Å². The number of nitrogens with one attached hydrogen (secondary N) is 2. The summed E-state index contributed by atoms with van der Waals surface area (Å²) in [4.78, 5) is 36.6. The quantitative estimate of drug-likeness (QED) is 0.0750. The number of phenolic OH excluding ortho intramolecular Hbond substituents is 2. The number of fused-ring (bicyclic) bond motifs is 4. The molecule has 0 aromatic heterocycles. The molecule has 1 aromatic carbocycles. The van der Waals surface area contributed by atoms with Gasteiger partial charge in [-0.15, -0.1) is 6.58 Å². The summed E-state index contributed by atoms with van der Waals surface area (Å²) in [6.45, 7) is 15.0. The minimum absolute atomic E-state index is 0.0152. The first-order chi connectivity index (χ1) is 26.5. The van der Waals surface area contributed by atoms with Gasteiger partial charge in [0.25, 0.3) is 16.0 Å². The minimum Gasteiger partial charge on any atom is -0.506 e. The van der Waals surface area contributed by atoms with Crippen LogP contribution < -0.4 is 16.4 Å². The van der Waals surface area contributed by atoms with Crippen molar-refractivity contribution in [1.29, 1.82) is 0 Å². The van der Waals surface area contributed by atoms with Gasteiger partial charge in [0.2, 0.25) is 0 Å². The number of aliphatic hydroxyl groups is 1. The maximum absolute atomic E-state index is 13.0. The fraction of sp³-hybridized carbons (Fsp3) is 0.585. The molecule has 8 atom stereocenters. The average Bonchev–Trinajstić information content (AvgIpc) is 3.46. The Morgan fingerprint density at radius 3 is 2.33 bits per heavy atom. The molecule has 3 aliphatic rings. The lowest BCUT2D eigenvalue weighted by Gasteiger charge is -2.35. The molecule has 0 spiro atoms. The fourth-order valence-corrected chi connectivity index (χ4v) is 9.70. The van der Waals surface area contributed by atoms with Crippen LogP contribution >= 0.6 is 0 Å². The molecule has 1 heterocycles. The Balaban J connectivity index is 0.000000479. The van der Waals surface area contributed by atoms with E-state index >= 15 is 0 Å². The van der Waals surface area contributed by atoms with Gasteiger partial charge in [-0.05, 0) is 62.4 Å². The third-order valence-electron chi connectivity index (χ3n) is 11.8. The van der Waals surface area contributed by atoms with Crippen molar-refractivity contribution in [2.45, 2.75) is 98.1 Å². The van der Waals surface area contributed by atoms with Gasteiger partial charge >= 0.3 is 6.09 Å². The third kappa shape index (κ3) is 11.3. The molecular weight excluding hydrogens is 759 g/mol. The first-order valence-corrected chi connectivity index (χ1v) is 20.6. The van der Waals surface area contributed by atoms with Gasteiger partial charge in [0, 0.05) is 50.3 Å². The van der Waals surface area contributed by atoms with Crippen LogP contribution in [0.4, 0.5) is 16.2 Å². The Labute approximate surface area is 336 Å². The van der Waals surface area contributed by atoms with E-state index in [4.69, 9.17) is 24.5 Å². The van der Waals surface area contributed by atoms with Crippen molar-refractivity contribution in [3.63, 3.8) is 0 Å². The Bertz CT molecular complexity index is 1860. The summed E-state index contributed by atoms with van der Waals surface area (Å²) < 4.78 is 47.6. The highest BCUT2D eigenvalue weighted by Crippen LogP contribution is 2.64. The van der Waals surface area contributed by atoms with Crippen LogP contribution in [0.2, 0.25) is 0 Å². The zero-order valence-electron chi connectivity index (χ0n) is 34.2. The van der Waals surface area contributed by atoms with Gasteiger partial charge in [0.05, 0.1) is 34.8 Å². The number of primary amides is 1. The molecular formula is C41H61N3O12S. The van der Waals surface area contributed by atoms with Crippen LogP contribution in [0.5, 0.6) is 11.5 Å². The number of carbonyl (C=O) groups excluding carboxylic acids is 3. The Hall–Kier alpha value is -4.22. The van der Waals surface area contributed by atoms with E-state index in [1.165, 1.54) is 26.4 Å². The largest absolute Gasteiger partial charge is 0.506 e. The monoisotopic (exact) mass is 819 g/mol. The van der Waals surface area contributed by atoms with E-state index in [2.05, 4.69) is 17.2 Å². The lowest BCUT2D eigenvalue weighted by molar-refractivity contribution is -0.128. The van der Waals surface area contributed by atoms with Gasteiger partial charge in [0.1, 0.15) is 23.4 Å². The van der Waals surface area contributed by atoms with E-state index in [-0.39, 0.29) is 40.2 Å². The molecule has 8 N–H and O–H groups in total. The summed E-state index contributed by atoms with van der Waals surface area (Å²) in [5.41, 5.74) is 5.89. The Kier molecular flexibility index (Phi) is 16.1. The van der Waals surface area contributed by atoms with Crippen molar-refractivity contribution >= 4 is 39.3 Å². The third-order valence-corrected chi connectivity index (χ3v) is 12.7. The molecule has 2 amide bonds. The normalized spacial score (nSPS) is 31.7. The number of phenols is 2. The first-order valence-electron chi connectivity index (χ1n) is 19.0. The van der Waals surface area contributed by atoms with E-state index in [1.54, 1.807) is 38.2 Å². The molecule has 15 nitrogen and oxygen atoms in total. The van der Waals surface area contributed by atoms with Crippen LogP contribution in [0, 0.1) is 28.6 Å². The molecule has 318 valence electrons. The molecule has 2 saturated carbocycles. The second-order valence-electron chi connectivity index (χ2n) is 16.0. The van der Waals surface area contributed by atoms with Gasteiger partial charge < -0.3 is 45.9 Å². The number of methoxy groups -OCH3 is 2. The van der Waals surface area contributed by atoms with Crippen LogP contribution in [-0.4, -0.2) is 97.0 Å². The zero-order valence-corrected chi connectivity index (χ0v) is 35.0. The van der Waals surface area contributed by atoms with Gasteiger partial charge in [-0.1, -0.05) is 58.1 Å². The van der Waals surface area contributed by atoms with Gasteiger partial charge in [-0.2, -0.15) is 8.42 Å². The number of hydrogen-bond acceptors (Lipinski definition) is 12. The molecule has 2 aliphatic carbocycles. The highest BCUT2D eigenvalue weighted by atomic mass is 32.2. The van der Waals surface area contributed by atoms with Crippen molar-refractivity contribution in [2.24, 2.45) is 34.3 Å². The van der Waals surface area contributed by atoms with Crippen molar-refractivity contribution in [3.8, 4) is 11.5 Å². The number of benzene rings is 1. The second kappa shape index (κ2) is 19.5. The number of aliphatic hydroxyl groups excluding tert-OH is 1. The SMILES string of the molecule is C=CCNc1c(O)cc2c(O)c1C[C@@H](C)C[C@H](OC)[C@H](O)[C@@H](C)/C=C(\C)[C@H](OC(N)=O)[C@@H](OC)/C=C\C=C(/C)C(=O)N2.CC1(C)[C@H]2CC[C@]1(CS(=O)(=O)O)C(=O)C2. The van der Waals surface area contributed by atoms with Gasteiger partial charge in [0.15, 0.2) is 6.10 Å². The molecule has 0 saturated heterocycles. The zero-order chi connectivity index (χ0) is 43.0. The van der Waals surface area contributed by atoms with E-state index in [9.17, 15) is 38.1 Å². The minimum atomic E-state index is -4.08. The van der Waals surface area contributed by atoms with E-state index < -0.39 is 63.6 Å². The molecule has 1 aromatic rings. The van der Waals surface area contributed by atoms with Crippen LogP contribution in [-0.2, 0) is 40.3 Å². The molecule has 4 rings (SSSR count). The second-order valence-corrected chi connectivity index (χ2v) is 17.5. The number of Topliss-reactive ketones (excluding diaryl/α,β-unsaturated/α-hetero) is 1. The maximum atomic E-state index is 13.0. The predicted octanol–water partition coefficient (Wildman–Crippen LogP) is 5.43. The van der Waals surface area contributed by atoms with Crippen LogP contribution in [0.15, 0.2) is 54.2 Å². The Morgan fingerprint density at radius 1 is 1.14 bits per heavy atom. The predicted molar refractivity (Wildman–Crippen MR) is 217 cm³/mol. The molecule has 0 unspecified atom stereocenters. The molecule has 16 heteroatoms. The molecule has 57 heavy (non-hydrogen) atoms. The van der Waals surface area contributed by atoms with Crippen molar-refractivity contribution in [3.05, 3.63) is 59.7 Å². The Morgan fingerprint density at radius 2 is 1.81 bits per heavy atom. The number of amides is 2. The van der Waals surface area contributed by atoms with Gasteiger partial charge in [-0.25, -0.2) is 4.79 Å². The number of allylic oxidation sites excluding steroid dienone is 2. The summed E-state index contributed by atoms with van der Waals surface area (Å²) in [5.74, 6) is -1.51. The van der Waals surface area contributed by atoms with Gasteiger partial charge in [-0.3, -0.25) is 14.1 Å². The molecule has 2 fully saturated rings. The number of carbonyl (C=O) groups is 3. The fourth-order valence-electron chi connectivity index (χ4n) is 8.40. The first kappa shape index (κ1) is 47.2. The van der Waals surface area contributed by atoms with Crippen molar-refractivity contribution < 1.29 is 56.9 Å². The topological polar surface area (TPSA) is 244 Å². The van der Waals surface area contributed by atoms with Crippen LogP contribution in [0.1, 0.15) is 72.8 Å². The lowest BCUT2D eigenvalue weighted by Crippen LogP contribution is -2.42. The summed E-state index contributed by atoms with van der Waals surface area (Å²) in [6.07, 6.45) is 6.61. The molecule has 0 radical (unpaired) electrons. The number of rotatable bonds is 8. The average molecular weight is 820 g/mol. The smallest absolute Gasteiger partial charge is 0.405 e. The summed E-state index contributed by atoms with van der Waals surface area (Å²) in [6, 6.07) is 1.28. The number of aromatic hydroxyl groups is 2. The van der Waals surface area contributed by atoms with E-state index in [0.717, 1.165) is 6.42 Å². The van der Waals surface area contributed by atoms with E-state index in [1.807, 2.05) is 27.7 Å². The highest BCUT2D eigenvalue weighted by Gasteiger charge is 2.65. The van der Waals surface area contributed by atoms with Crippen LogP contribution in [0.25, 0.3) is 0 Å². The van der Waals surface area contributed by atoms with Crippen LogP contribution in [0.3, 0.4) is 0 Å². The molecule has 4 bridgehead atoms. The maximum Gasteiger partial charge on any atom is 0.405 e. The van der Waals surface area contributed by atoms with Crippen molar-refractivity contribution in [2.75, 3.05) is 37.2 Å². The van der Waals surface area contributed by atoms with E-state index in [0.29, 0.717) is 54.6 Å². The highest BCUT2D eigenvalue weighted by molar-refractivity contribution is 7.85. The number of ketones is 1. The number of hydrogen-bond donors (Lipinski definition) is 7. The number of ether oxygens (including phenoxy) is 3. The molecule has 1 aliphatic heterocycles.